The number of aromatic nitrogens is 4. The van der Waals surface area contributed by atoms with Gasteiger partial charge in [-0.2, -0.15) is 0 Å². The van der Waals surface area contributed by atoms with E-state index in [0.29, 0.717) is 68.7 Å². The lowest BCUT2D eigenvalue weighted by atomic mass is 10.2. The summed E-state index contributed by atoms with van der Waals surface area (Å²) in [5.41, 5.74) is 0.802. The molecule has 3 rings (SSSR count). The molecule has 0 saturated carbocycles. The third-order valence-corrected chi connectivity index (χ3v) is 4.95. The first-order valence-corrected chi connectivity index (χ1v) is 12.2. The van der Waals surface area contributed by atoms with Crippen LogP contribution >= 0.6 is 0 Å². The molecule has 2 heterocycles. The van der Waals surface area contributed by atoms with Gasteiger partial charge in [0.05, 0.1) is 59.3 Å². The largest absolute Gasteiger partial charge is 0.491 e. The van der Waals surface area contributed by atoms with Crippen molar-refractivity contribution >= 4 is 17.8 Å². The molecule has 0 atom stereocenters. The van der Waals surface area contributed by atoms with E-state index in [1.807, 2.05) is 24.3 Å². The number of carbonyl (C=O) groups excluding carboxylic acids is 3. The van der Waals surface area contributed by atoms with Gasteiger partial charge in [-0.1, -0.05) is 0 Å². The zero-order chi connectivity index (χ0) is 27.0. The molecule has 0 bridgehead atoms. The highest BCUT2D eigenvalue weighted by Crippen LogP contribution is 2.18. The first-order valence-electron chi connectivity index (χ1n) is 12.2. The number of rotatable bonds is 18. The quantitative estimate of drug-likeness (QED) is 0.194. The standard InChI is InChI=1S/C24H31N5O9/c1-18-25-27-24(28-26-18)19-2-4-20(5-3-19)37-17-16-36-15-14-35-13-12-34-11-10-33-9-8-23(32)38-29-21(30)6-7-22(29)31/h2-5H,6-17H2,1H3. The van der Waals surface area contributed by atoms with E-state index < -0.39 is 17.8 Å². The molecule has 0 unspecified atom stereocenters. The van der Waals surface area contributed by atoms with Crippen LogP contribution in [0.5, 0.6) is 5.75 Å². The maximum atomic E-state index is 11.6. The molecule has 14 heteroatoms. The summed E-state index contributed by atoms with van der Waals surface area (Å²) in [7, 11) is 0. The molecule has 2 aromatic rings. The lowest BCUT2D eigenvalue weighted by Crippen LogP contribution is -2.32. The number of carbonyl (C=O) groups is 3. The molecule has 1 fully saturated rings. The molecule has 1 aliphatic heterocycles. The number of benzene rings is 1. The van der Waals surface area contributed by atoms with Gasteiger partial charge in [0, 0.05) is 18.4 Å². The highest BCUT2D eigenvalue weighted by molar-refractivity contribution is 6.01. The van der Waals surface area contributed by atoms with Crippen molar-refractivity contribution in [3.8, 4) is 17.1 Å². The third-order valence-electron chi connectivity index (χ3n) is 4.95. The van der Waals surface area contributed by atoms with Crippen molar-refractivity contribution in [3.63, 3.8) is 0 Å². The fraction of sp³-hybridized carbons (Fsp3) is 0.542. The smallest absolute Gasteiger partial charge is 0.335 e. The van der Waals surface area contributed by atoms with Crippen molar-refractivity contribution in [2.24, 2.45) is 0 Å². The van der Waals surface area contributed by atoms with Crippen LogP contribution in [0.3, 0.4) is 0 Å². The molecule has 0 radical (unpaired) electrons. The van der Waals surface area contributed by atoms with Crippen molar-refractivity contribution in [2.45, 2.75) is 26.2 Å². The van der Waals surface area contributed by atoms with Crippen molar-refractivity contribution in [1.82, 2.24) is 25.5 Å². The Morgan fingerprint density at radius 1 is 0.737 bits per heavy atom. The predicted octanol–water partition coefficient (Wildman–Crippen LogP) is 0.685. The maximum absolute atomic E-state index is 11.6. The van der Waals surface area contributed by atoms with E-state index in [0.717, 1.165) is 5.56 Å². The average Bonchev–Trinajstić information content (AvgIpc) is 3.23. The van der Waals surface area contributed by atoms with Crippen LogP contribution in [0.15, 0.2) is 24.3 Å². The molecule has 1 aromatic carbocycles. The van der Waals surface area contributed by atoms with Crippen LogP contribution < -0.4 is 4.74 Å². The van der Waals surface area contributed by atoms with Crippen LogP contribution in [-0.2, 0) is 38.2 Å². The number of hydrogen-bond donors (Lipinski definition) is 0. The van der Waals surface area contributed by atoms with Gasteiger partial charge >= 0.3 is 5.97 Å². The van der Waals surface area contributed by atoms with Crippen molar-refractivity contribution in [2.75, 3.05) is 59.5 Å². The first-order chi connectivity index (χ1) is 18.5. The Morgan fingerprint density at radius 2 is 1.24 bits per heavy atom. The second kappa shape index (κ2) is 16.3. The van der Waals surface area contributed by atoms with Gasteiger partial charge in [0.2, 0.25) is 5.82 Å². The second-order valence-corrected chi connectivity index (χ2v) is 7.89. The Labute approximate surface area is 219 Å². The zero-order valence-corrected chi connectivity index (χ0v) is 21.2. The molecule has 0 spiro atoms. The zero-order valence-electron chi connectivity index (χ0n) is 21.2. The van der Waals surface area contributed by atoms with Crippen molar-refractivity contribution < 1.29 is 42.9 Å². The number of nitrogens with zero attached hydrogens (tertiary/aromatic N) is 5. The van der Waals surface area contributed by atoms with Gasteiger partial charge in [-0.05, 0) is 31.2 Å². The summed E-state index contributed by atoms with van der Waals surface area (Å²) in [5, 5.41) is 16.3. The Kier molecular flexibility index (Phi) is 12.4. The van der Waals surface area contributed by atoms with Crippen LogP contribution in [0.4, 0.5) is 0 Å². The van der Waals surface area contributed by atoms with Gasteiger partial charge < -0.3 is 28.5 Å². The number of aryl methyl sites for hydroxylation is 1. The minimum Gasteiger partial charge on any atom is -0.491 e. The number of amides is 2. The summed E-state index contributed by atoms with van der Waals surface area (Å²) in [5.74, 6) is -0.0379. The SMILES string of the molecule is Cc1nnc(-c2ccc(OCCOCCOCCOCCOCCC(=O)ON3C(=O)CCC3=O)cc2)nn1. The van der Waals surface area contributed by atoms with Gasteiger partial charge in [-0.3, -0.25) is 9.59 Å². The molecule has 0 N–H and O–H groups in total. The topological polar surface area (TPSA) is 161 Å². The van der Waals surface area contributed by atoms with Crippen molar-refractivity contribution in [3.05, 3.63) is 30.1 Å². The molecule has 0 aliphatic carbocycles. The predicted molar refractivity (Wildman–Crippen MR) is 128 cm³/mol. The van der Waals surface area contributed by atoms with Gasteiger partial charge in [0.1, 0.15) is 12.4 Å². The fourth-order valence-electron chi connectivity index (χ4n) is 3.04. The van der Waals surface area contributed by atoms with Crippen molar-refractivity contribution in [1.29, 1.82) is 0 Å². The minimum absolute atomic E-state index is 0.0608. The molecular formula is C24H31N5O9. The van der Waals surface area contributed by atoms with Crippen LogP contribution in [0.2, 0.25) is 0 Å². The highest BCUT2D eigenvalue weighted by Gasteiger charge is 2.32. The van der Waals surface area contributed by atoms with Crippen LogP contribution in [0.25, 0.3) is 11.4 Å². The average molecular weight is 534 g/mol. The molecule has 1 aliphatic rings. The van der Waals surface area contributed by atoms with Gasteiger partial charge in [0.25, 0.3) is 11.8 Å². The normalized spacial score (nSPS) is 13.2. The molecule has 38 heavy (non-hydrogen) atoms. The molecular weight excluding hydrogens is 502 g/mol. The van der Waals surface area contributed by atoms with Gasteiger partial charge in [0.15, 0.2) is 5.82 Å². The van der Waals surface area contributed by atoms with Gasteiger partial charge in [-0.15, -0.1) is 25.5 Å². The van der Waals surface area contributed by atoms with Crippen LogP contribution in [0.1, 0.15) is 25.1 Å². The minimum atomic E-state index is -0.698. The lowest BCUT2D eigenvalue weighted by molar-refractivity contribution is -0.198. The number of hydroxylamine groups is 2. The summed E-state index contributed by atoms with van der Waals surface area (Å²) in [6.07, 6.45) is 0.0490. The monoisotopic (exact) mass is 533 g/mol. The maximum Gasteiger partial charge on any atom is 0.335 e. The summed E-state index contributed by atoms with van der Waals surface area (Å²) < 4.78 is 27.2. The Bertz CT molecular complexity index is 1000. The molecule has 1 aromatic heterocycles. The molecule has 206 valence electrons. The summed E-state index contributed by atoms with van der Waals surface area (Å²) in [4.78, 5) is 39.1. The van der Waals surface area contributed by atoms with E-state index in [-0.39, 0.29) is 32.5 Å². The second-order valence-electron chi connectivity index (χ2n) is 7.89. The summed E-state index contributed by atoms with van der Waals surface area (Å²) in [6, 6.07) is 7.32. The van der Waals surface area contributed by atoms with E-state index in [1.165, 1.54) is 0 Å². The van der Waals surface area contributed by atoms with E-state index in [9.17, 15) is 14.4 Å². The highest BCUT2D eigenvalue weighted by atomic mass is 16.7. The number of imide groups is 1. The molecule has 14 nitrogen and oxygen atoms in total. The van der Waals surface area contributed by atoms with Gasteiger partial charge in [-0.25, -0.2) is 4.79 Å². The third kappa shape index (κ3) is 10.4. The van der Waals surface area contributed by atoms with Crippen LogP contribution in [0, 0.1) is 6.92 Å². The number of hydrogen-bond acceptors (Lipinski definition) is 13. The Hall–Kier alpha value is -3.59. The Balaban J connectivity index is 1.08. The summed E-state index contributed by atoms with van der Waals surface area (Å²) in [6.45, 7) is 4.93. The molecule has 1 saturated heterocycles. The number of ether oxygens (including phenoxy) is 5. The fourth-order valence-corrected chi connectivity index (χ4v) is 3.04. The van der Waals surface area contributed by atoms with Crippen LogP contribution in [-0.4, -0.2) is 103 Å². The lowest BCUT2D eigenvalue weighted by Gasteiger charge is -2.12. The first kappa shape index (κ1) is 29.0. The van der Waals surface area contributed by atoms with E-state index in [2.05, 4.69) is 20.4 Å². The van der Waals surface area contributed by atoms with E-state index in [1.54, 1.807) is 6.92 Å². The summed E-state index contributed by atoms with van der Waals surface area (Å²) >= 11 is 0. The van der Waals surface area contributed by atoms with E-state index >= 15 is 0 Å². The Morgan fingerprint density at radius 3 is 1.79 bits per heavy atom. The van der Waals surface area contributed by atoms with E-state index in [4.69, 9.17) is 28.5 Å². The molecule has 2 amide bonds.